The maximum Gasteiger partial charge on any atom is 0.338 e. The lowest BCUT2D eigenvalue weighted by atomic mass is 10.2. The van der Waals surface area contributed by atoms with Crippen molar-refractivity contribution in [1.82, 2.24) is 5.32 Å². The molecule has 0 fully saturated rings. The number of hydrogen-bond donors (Lipinski definition) is 2. The van der Waals surface area contributed by atoms with Crippen LogP contribution in [0.15, 0.2) is 53.4 Å². The Morgan fingerprint density at radius 2 is 1.76 bits per heavy atom. The maximum atomic E-state index is 12.6. The predicted molar refractivity (Wildman–Crippen MR) is 108 cm³/mol. The zero-order valence-electron chi connectivity index (χ0n) is 16.5. The number of anilines is 1. The highest BCUT2D eigenvalue weighted by Gasteiger charge is 2.19. The summed E-state index contributed by atoms with van der Waals surface area (Å²) in [5, 5.41) is 2.56. The fourth-order valence-corrected chi connectivity index (χ4v) is 3.46. The second kappa shape index (κ2) is 9.92. The van der Waals surface area contributed by atoms with Crippen LogP contribution in [0.4, 0.5) is 5.69 Å². The van der Waals surface area contributed by atoms with E-state index in [0.29, 0.717) is 18.9 Å². The molecular formula is C20H24N2O6S. The van der Waals surface area contributed by atoms with Crippen LogP contribution < -0.4 is 14.8 Å². The zero-order chi connectivity index (χ0) is 21.4. The maximum absolute atomic E-state index is 12.6. The van der Waals surface area contributed by atoms with Crippen molar-refractivity contribution in [3.05, 3.63) is 54.1 Å². The summed E-state index contributed by atoms with van der Waals surface area (Å²) in [6.45, 7) is 5.95. The molecule has 0 bridgehead atoms. The molecule has 9 heteroatoms. The summed E-state index contributed by atoms with van der Waals surface area (Å²) in [7, 11) is -3.85. The Balaban J connectivity index is 2.12. The molecule has 0 unspecified atom stereocenters. The molecule has 0 saturated carbocycles. The first-order chi connectivity index (χ1) is 13.8. The van der Waals surface area contributed by atoms with Crippen LogP contribution in [0.2, 0.25) is 0 Å². The Morgan fingerprint density at radius 1 is 1.07 bits per heavy atom. The number of rotatable bonds is 9. The Kier molecular flexibility index (Phi) is 7.60. The average molecular weight is 420 g/mol. The molecule has 2 aromatic carbocycles. The minimum Gasteiger partial charge on any atom is -0.494 e. The van der Waals surface area contributed by atoms with E-state index in [1.807, 2.05) is 6.92 Å². The number of carbonyl (C=O) groups excluding carboxylic acids is 2. The Morgan fingerprint density at radius 3 is 2.38 bits per heavy atom. The first-order valence-corrected chi connectivity index (χ1v) is 10.6. The number of hydrogen-bond acceptors (Lipinski definition) is 6. The fraction of sp³-hybridized carbons (Fsp3) is 0.300. The van der Waals surface area contributed by atoms with E-state index in [1.54, 1.807) is 19.1 Å². The van der Waals surface area contributed by atoms with Crippen molar-refractivity contribution < 1.29 is 27.5 Å². The number of amides is 1. The molecule has 0 aliphatic heterocycles. The van der Waals surface area contributed by atoms with Crippen LogP contribution in [0.5, 0.6) is 5.75 Å². The molecule has 29 heavy (non-hydrogen) atoms. The number of ether oxygens (including phenoxy) is 2. The highest BCUT2D eigenvalue weighted by molar-refractivity contribution is 7.92. The topological polar surface area (TPSA) is 111 Å². The van der Waals surface area contributed by atoms with Crippen molar-refractivity contribution in [3.63, 3.8) is 0 Å². The van der Waals surface area contributed by atoms with Crippen LogP contribution in [0, 0.1) is 0 Å². The third-order valence-corrected chi connectivity index (χ3v) is 5.20. The first-order valence-electron chi connectivity index (χ1n) is 9.11. The second-order valence-corrected chi connectivity index (χ2v) is 7.72. The number of benzene rings is 2. The molecule has 2 N–H and O–H groups in total. The lowest BCUT2D eigenvalue weighted by molar-refractivity contribution is -0.128. The van der Waals surface area contributed by atoms with Gasteiger partial charge in [-0.3, -0.25) is 9.52 Å². The van der Waals surface area contributed by atoms with E-state index in [9.17, 15) is 18.0 Å². The van der Waals surface area contributed by atoms with Crippen molar-refractivity contribution in [3.8, 4) is 5.75 Å². The first kappa shape index (κ1) is 22.2. The number of esters is 1. The molecule has 0 radical (unpaired) electrons. The van der Waals surface area contributed by atoms with Gasteiger partial charge < -0.3 is 14.8 Å². The van der Waals surface area contributed by atoms with E-state index < -0.39 is 28.0 Å². The van der Waals surface area contributed by atoms with Gasteiger partial charge in [0, 0.05) is 12.2 Å². The second-order valence-electron chi connectivity index (χ2n) is 6.03. The minimum absolute atomic E-state index is 0.0544. The van der Waals surface area contributed by atoms with Gasteiger partial charge in [-0.2, -0.15) is 0 Å². The van der Waals surface area contributed by atoms with Crippen LogP contribution >= 0.6 is 0 Å². The third kappa shape index (κ3) is 6.21. The van der Waals surface area contributed by atoms with Crippen LogP contribution in [-0.4, -0.2) is 39.5 Å². The van der Waals surface area contributed by atoms with Crippen molar-refractivity contribution in [2.75, 3.05) is 17.9 Å². The van der Waals surface area contributed by atoms with E-state index in [1.165, 1.54) is 43.3 Å². The monoisotopic (exact) mass is 420 g/mol. The molecule has 0 spiro atoms. The summed E-state index contributed by atoms with van der Waals surface area (Å²) in [6.07, 6.45) is -0.966. The number of nitrogens with one attached hydrogen (secondary N) is 2. The van der Waals surface area contributed by atoms with Gasteiger partial charge in [-0.25, -0.2) is 13.2 Å². The summed E-state index contributed by atoms with van der Waals surface area (Å²) in [4.78, 5) is 24.0. The normalized spacial score (nSPS) is 12.0. The lowest BCUT2D eigenvalue weighted by Gasteiger charge is -2.13. The Labute approximate surface area is 170 Å². The van der Waals surface area contributed by atoms with Gasteiger partial charge in [-0.15, -0.1) is 0 Å². The number of likely N-dealkylation sites (N-methyl/N-ethyl adjacent to an activating group) is 1. The van der Waals surface area contributed by atoms with E-state index in [0.717, 1.165) is 0 Å². The van der Waals surface area contributed by atoms with Crippen molar-refractivity contribution in [1.29, 1.82) is 0 Å². The Bertz CT molecular complexity index is 957. The molecule has 0 saturated heterocycles. The van der Waals surface area contributed by atoms with Crippen LogP contribution in [0.1, 0.15) is 31.1 Å². The molecule has 8 nitrogen and oxygen atoms in total. The van der Waals surface area contributed by atoms with E-state index in [2.05, 4.69) is 10.0 Å². The molecule has 2 aromatic rings. The highest BCUT2D eigenvalue weighted by atomic mass is 32.2. The van der Waals surface area contributed by atoms with Gasteiger partial charge in [-0.1, -0.05) is 6.07 Å². The summed E-state index contributed by atoms with van der Waals surface area (Å²) in [5.74, 6) is -0.573. The predicted octanol–water partition coefficient (Wildman–Crippen LogP) is 2.57. The van der Waals surface area contributed by atoms with Crippen LogP contribution in [-0.2, 0) is 19.6 Å². The largest absolute Gasteiger partial charge is 0.494 e. The third-order valence-electron chi connectivity index (χ3n) is 3.80. The molecular weight excluding hydrogens is 396 g/mol. The van der Waals surface area contributed by atoms with E-state index >= 15 is 0 Å². The molecule has 2 rings (SSSR count). The molecule has 1 atom stereocenters. The SMILES string of the molecule is CCNC(=O)[C@@H](C)OC(=O)c1cccc(NS(=O)(=O)c2ccc(OCC)cc2)c1. The van der Waals surface area contributed by atoms with E-state index in [4.69, 9.17) is 9.47 Å². The van der Waals surface area contributed by atoms with Gasteiger partial charge >= 0.3 is 5.97 Å². The average Bonchev–Trinajstić information content (AvgIpc) is 2.68. The minimum atomic E-state index is -3.85. The summed E-state index contributed by atoms with van der Waals surface area (Å²) < 4.78 is 38.0. The lowest BCUT2D eigenvalue weighted by Crippen LogP contribution is -2.35. The van der Waals surface area contributed by atoms with Gasteiger partial charge in [0.15, 0.2) is 6.10 Å². The van der Waals surface area contributed by atoms with Crippen molar-refractivity contribution in [2.45, 2.75) is 31.8 Å². The quantitative estimate of drug-likeness (QED) is 0.603. The number of carbonyl (C=O) groups is 2. The molecule has 156 valence electrons. The standard InChI is InChI=1S/C20H24N2O6S/c1-4-21-19(23)14(3)28-20(24)15-7-6-8-16(13-15)22-29(25,26)18-11-9-17(10-12-18)27-5-2/h6-14,22H,4-5H2,1-3H3,(H,21,23)/t14-/m1/s1. The molecule has 0 aliphatic rings. The van der Waals surface area contributed by atoms with Gasteiger partial charge in [0.05, 0.1) is 17.1 Å². The highest BCUT2D eigenvalue weighted by Crippen LogP contribution is 2.20. The fourth-order valence-electron chi connectivity index (χ4n) is 2.41. The Hall–Kier alpha value is -3.07. The van der Waals surface area contributed by atoms with Gasteiger partial charge in [0.1, 0.15) is 5.75 Å². The van der Waals surface area contributed by atoms with E-state index in [-0.39, 0.29) is 16.1 Å². The van der Waals surface area contributed by atoms with Crippen LogP contribution in [0.3, 0.4) is 0 Å². The zero-order valence-corrected chi connectivity index (χ0v) is 17.3. The summed E-state index contributed by atoms with van der Waals surface area (Å²) in [6, 6.07) is 11.8. The van der Waals surface area contributed by atoms with Gasteiger partial charge in [0.25, 0.3) is 15.9 Å². The molecule has 0 aromatic heterocycles. The van der Waals surface area contributed by atoms with Crippen molar-refractivity contribution >= 4 is 27.6 Å². The molecule has 0 aliphatic carbocycles. The number of sulfonamides is 1. The van der Waals surface area contributed by atoms with Gasteiger partial charge in [0.2, 0.25) is 0 Å². The summed E-state index contributed by atoms with van der Waals surface area (Å²) in [5.41, 5.74) is 0.312. The smallest absolute Gasteiger partial charge is 0.338 e. The van der Waals surface area contributed by atoms with Gasteiger partial charge in [-0.05, 0) is 63.2 Å². The van der Waals surface area contributed by atoms with Crippen LogP contribution in [0.25, 0.3) is 0 Å². The molecule has 0 heterocycles. The summed E-state index contributed by atoms with van der Waals surface area (Å²) >= 11 is 0. The molecule has 1 amide bonds. The van der Waals surface area contributed by atoms with Crippen molar-refractivity contribution in [2.24, 2.45) is 0 Å².